The topological polar surface area (TPSA) is 81.7 Å². The standard InChI is InChI=1S/C20H21NO5S/c1-3-17(15-6-8-16(9-7-15)27(2,23)24)21-20(22)11-5-14-4-10-18-19(12-14)26-13-25-18/h4-12,17H,3,13H2,1-2H3,(H,21,22)/b11-5+. The number of ether oxygens (including phenoxy) is 2. The molecule has 2 aromatic rings. The lowest BCUT2D eigenvalue weighted by molar-refractivity contribution is -0.117. The highest BCUT2D eigenvalue weighted by molar-refractivity contribution is 7.90. The summed E-state index contributed by atoms with van der Waals surface area (Å²) < 4.78 is 33.7. The Labute approximate surface area is 158 Å². The van der Waals surface area contributed by atoms with E-state index in [1.807, 2.05) is 19.1 Å². The predicted octanol–water partition coefficient (Wildman–Crippen LogP) is 3.10. The molecule has 1 heterocycles. The van der Waals surface area contributed by atoms with Crippen molar-refractivity contribution < 1.29 is 22.7 Å². The van der Waals surface area contributed by atoms with Crippen LogP contribution in [0.2, 0.25) is 0 Å². The molecule has 1 unspecified atom stereocenters. The fraction of sp³-hybridized carbons (Fsp3) is 0.250. The molecule has 0 aliphatic carbocycles. The number of amides is 1. The van der Waals surface area contributed by atoms with E-state index in [0.29, 0.717) is 17.9 Å². The Hall–Kier alpha value is -2.80. The van der Waals surface area contributed by atoms with Crippen LogP contribution in [0.4, 0.5) is 0 Å². The second-order valence-electron chi connectivity index (χ2n) is 6.26. The summed E-state index contributed by atoms with van der Waals surface area (Å²) in [5.74, 6) is 1.13. The molecule has 3 rings (SSSR count). The van der Waals surface area contributed by atoms with Crippen molar-refractivity contribution in [3.05, 3.63) is 59.7 Å². The molecule has 0 saturated carbocycles. The number of hydrogen-bond donors (Lipinski definition) is 1. The Bertz CT molecular complexity index is 964. The van der Waals surface area contributed by atoms with Crippen LogP contribution < -0.4 is 14.8 Å². The van der Waals surface area contributed by atoms with Gasteiger partial charge < -0.3 is 14.8 Å². The molecule has 0 bridgehead atoms. The van der Waals surface area contributed by atoms with Gasteiger partial charge in [0.25, 0.3) is 0 Å². The van der Waals surface area contributed by atoms with Gasteiger partial charge in [0.05, 0.1) is 10.9 Å². The maximum absolute atomic E-state index is 12.3. The van der Waals surface area contributed by atoms with Gasteiger partial charge in [0.2, 0.25) is 12.7 Å². The Balaban J connectivity index is 1.66. The number of sulfone groups is 1. The molecule has 1 N–H and O–H groups in total. The van der Waals surface area contributed by atoms with E-state index in [1.165, 1.54) is 12.3 Å². The zero-order valence-corrected chi connectivity index (χ0v) is 16.0. The highest BCUT2D eigenvalue weighted by atomic mass is 32.2. The highest BCUT2D eigenvalue weighted by Gasteiger charge is 2.14. The minimum atomic E-state index is -3.24. The summed E-state index contributed by atoms with van der Waals surface area (Å²) in [5.41, 5.74) is 1.69. The molecule has 1 aliphatic heterocycles. The van der Waals surface area contributed by atoms with Gasteiger partial charge in [-0.25, -0.2) is 8.42 Å². The van der Waals surface area contributed by atoms with E-state index >= 15 is 0 Å². The van der Waals surface area contributed by atoms with Gasteiger partial charge in [-0.05, 0) is 47.9 Å². The molecule has 0 saturated heterocycles. The Morgan fingerprint density at radius 3 is 2.52 bits per heavy atom. The third-order valence-corrected chi connectivity index (χ3v) is 5.39. The van der Waals surface area contributed by atoms with Gasteiger partial charge >= 0.3 is 0 Å². The Kier molecular flexibility index (Phi) is 5.51. The fourth-order valence-corrected chi connectivity index (χ4v) is 3.41. The van der Waals surface area contributed by atoms with E-state index in [0.717, 1.165) is 11.1 Å². The van der Waals surface area contributed by atoms with Gasteiger partial charge in [-0.1, -0.05) is 25.1 Å². The van der Waals surface area contributed by atoms with Crippen LogP contribution in [-0.4, -0.2) is 27.4 Å². The lowest BCUT2D eigenvalue weighted by atomic mass is 10.0. The number of benzene rings is 2. The van der Waals surface area contributed by atoms with Gasteiger partial charge in [0, 0.05) is 12.3 Å². The van der Waals surface area contributed by atoms with Crippen molar-refractivity contribution in [3.63, 3.8) is 0 Å². The molecular formula is C20H21NO5S. The molecule has 0 fully saturated rings. The molecular weight excluding hydrogens is 366 g/mol. The zero-order valence-electron chi connectivity index (χ0n) is 15.1. The van der Waals surface area contributed by atoms with Gasteiger partial charge in [0.15, 0.2) is 21.3 Å². The highest BCUT2D eigenvalue weighted by Crippen LogP contribution is 2.32. The normalized spacial score (nSPS) is 14.3. The van der Waals surface area contributed by atoms with Crippen molar-refractivity contribution in [3.8, 4) is 11.5 Å². The second kappa shape index (κ2) is 7.84. The molecule has 1 aliphatic rings. The van der Waals surface area contributed by atoms with Crippen LogP contribution in [0.25, 0.3) is 6.08 Å². The second-order valence-corrected chi connectivity index (χ2v) is 8.27. The Morgan fingerprint density at radius 2 is 1.85 bits per heavy atom. The average molecular weight is 387 g/mol. The quantitative estimate of drug-likeness (QED) is 0.771. The van der Waals surface area contributed by atoms with Gasteiger partial charge in [-0.2, -0.15) is 0 Å². The lowest BCUT2D eigenvalue weighted by Gasteiger charge is -2.16. The van der Waals surface area contributed by atoms with Crippen molar-refractivity contribution in [2.75, 3.05) is 13.0 Å². The van der Waals surface area contributed by atoms with Gasteiger partial charge in [-0.3, -0.25) is 4.79 Å². The molecule has 27 heavy (non-hydrogen) atoms. The maximum Gasteiger partial charge on any atom is 0.244 e. The van der Waals surface area contributed by atoms with Crippen molar-refractivity contribution in [1.82, 2.24) is 5.32 Å². The molecule has 6 nitrogen and oxygen atoms in total. The largest absolute Gasteiger partial charge is 0.454 e. The van der Waals surface area contributed by atoms with Crippen molar-refractivity contribution in [2.24, 2.45) is 0 Å². The SMILES string of the molecule is CCC(NC(=O)/C=C/c1ccc2c(c1)OCO2)c1ccc(S(C)(=O)=O)cc1. The van der Waals surface area contributed by atoms with Crippen LogP contribution in [-0.2, 0) is 14.6 Å². The van der Waals surface area contributed by atoms with Crippen LogP contribution in [0, 0.1) is 0 Å². The van der Waals surface area contributed by atoms with Crippen LogP contribution >= 0.6 is 0 Å². The molecule has 142 valence electrons. The Morgan fingerprint density at radius 1 is 1.15 bits per heavy atom. The summed E-state index contributed by atoms with van der Waals surface area (Å²) in [6, 6.07) is 11.8. The molecule has 0 aromatic heterocycles. The molecule has 1 amide bonds. The van der Waals surface area contributed by atoms with Crippen LogP contribution in [0.1, 0.15) is 30.5 Å². The number of hydrogen-bond acceptors (Lipinski definition) is 5. The summed E-state index contributed by atoms with van der Waals surface area (Å²) in [5, 5.41) is 2.93. The summed E-state index contributed by atoms with van der Waals surface area (Å²) in [6.45, 7) is 2.16. The van der Waals surface area contributed by atoms with Crippen molar-refractivity contribution in [1.29, 1.82) is 0 Å². The van der Waals surface area contributed by atoms with E-state index in [1.54, 1.807) is 36.4 Å². The summed E-state index contributed by atoms with van der Waals surface area (Å²) >= 11 is 0. The fourth-order valence-electron chi connectivity index (χ4n) is 2.78. The van der Waals surface area contributed by atoms with Crippen LogP contribution in [0.5, 0.6) is 11.5 Å². The van der Waals surface area contributed by atoms with E-state index in [2.05, 4.69) is 5.32 Å². The number of nitrogens with one attached hydrogen (secondary N) is 1. The van der Waals surface area contributed by atoms with Crippen molar-refractivity contribution in [2.45, 2.75) is 24.3 Å². The average Bonchev–Trinajstić information content (AvgIpc) is 3.11. The first-order chi connectivity index (χ1) is 12.9. The zero-order chi connectivity index (χ0) is 19.4. The van der Waals surface area contributed by atoms with E-state index in [4.69, 9.17) is 9.47 Å². The summed E-state index contributed by atoms with van der Waals surface area (Å²) in [4.78, 5) is 12.5. The van der Waals surface area contributed by atoms with Crippen LogP contribution in [0.3, 0.4) is 0 Å². The molecule has 0 spiro atoms. The van der Waals surface area contributed by atoms with Crippen LogP contribution in [0.15, 0.2) is 53.4 Å². The number of fused-ring (bicyclic) bond motifs is 1. The third-order valence-electron chi connectivity index (χ3n) is 4.26. The van der Waals surface area contributed by atoms with Gasteiger partial charge in [0.1, 0.15) is 0 Å². The lowest BCUT2D eigenvalue weighted by Crippen LogP contribution is -2.26. The van der Waals surface area contributed by atoms with E-state index < -0.39 is 9.84 Å². The monoisotopic (exact) mass is 387 g/mol. The minimum absolute atomic E-state index is 0.201. The summed E-state index contributed by atoms with van der Waals surface area (Å²) in [6.07, 6.45) is 5.02. The number of carbonyl (C=O) groups excluding carboxylic acids is 1. The smallest absolute Gasteiger partial charge is 0.244 e. The molecule has 1 atom stereocenters. The first kappa shape index (κ1) is 19.0. The predicted molar refractivity (Wildman–Crippen MR) is 102 cm³/mol. The maximum atomic E-state index is 12.3. The number of rotatable bonds is 6. The number of carbonyl (C=O) groups is 1. The van der Waals surface area contributed by atoms with E-state index in [-0.39, 0.29) is 23.6 Å². The molecule has 2 aromatic carbocycles. The third kappa shape index (κ3) is 4.68. The first-order valence-electron chi connectivity index (χ1n) is 8.55. The molecule has 0 radical (unpaired) electrons. The molecule has 7 heteroatoms. The minimum Gasteiger partial charge on any atom is -0.454 e. The van der Waals surface area contributed by atoms with Gasteiger partial charge in [-0.15, -0.1) is 0 Å². The van der Waals surface area contributed by atoms with E-state index in [9.17, 15) is 13.2 Å². The summed E-state index contributed by atoms with van der Waals surface area (Å²) in [7, 11) is -3.24. The van der Waals surface area contributed by atoms with Crippen molar-refractivity contribution >= 4 is 21.8 Å². The first-order valence-corrected chi connectivity index (χ1v) is 10.4.